The number of rotatable bonds is 7. The second kappa shape index (κ2) is 9.02. The molecule has 1 aromatic carbocycles. The van der Waals surface area contributed by atoms with E-state index in [1.54, 1.807) is 55.3 Å². The van der Waals surface area contributed by atoms with Crippen LogP contribution in [0.5, 0.6) is 5.75 Å². The molecular formula is C24H24N8O5. The predicted octanol–water partition coefficient (Wildman–Crippen LogP) is 1.43. The molecule has 1 fully saturated rings. The quantitative estimate of drug-likeness (QED) is 0.334. The Morgan fingerprint density at radius 3 is 2.76 bits per heavy atom. The Hall–Kier alpha value is -4.78. The molecule has 0 saturated carbocycles. The third-order valence-corrected chi connectivity index (χ3v) is 6.13. The summed E-state index contributed by atoms with van der Waals surface area (Å²) >= 11 is 0. The lowest BCUT2D eigenvalue weighted by atomic mass is 9.98. The molecule has 4 heterocycles. The predicted molar refractivity (Wildman–Crippen MR) is 131 cm³/mol. The largest absolute Gasteiger partial charge is 0.491 e. The Bertz CT molecular complexity index is 1510. The minimum Gasteiger partial charge on any atom is -0.491 e. The summed E-state index contributed by atoms with van der Waals surface area (Å²) in [4.78, 5) is 34.8. The summed E-state index contributed by atoms with van der Waals surface area (Å²) in [5.74, 6) is -0.0104. The molecule has 13 heteroatoms. The number of primary amides is 1. The highest BCUT2D eigenvalue weighted by atomic mass is 16.5. The van der Waals surface area contributed by atoms with Crippen molar-refractivity contribution in [3.05, 3.63) is 54.2 Å². The number of carbonyl (C=O) groups excluding carboxylic acids is 2. The summed E-state index contributed by atoms with van der Waals surface area (Å²) in [5, 5.41) is 22.1. The number of hydrogen-bond acceptors (Lipinski definition) is 10. The van der Waals surface area contributed by atoms with Gasteiger partial charge in [0.15, 0.2) is 28.8 Å². The number of aliphatic hydroxyl groups is 1. The molecule has 1 aliphatic heterocycles. The highest BCUT2D eigenvalue weighted by Crippen LogP contribution is 2.35. The maximum Gasteiger partial charge on any atom is 0.269 e. The summed E-state index contributed by atoms with van der Waals surface area (Å²) in [7, 11) is 4.86. The number of benzene rings is 1. The lowest BCUT2D eigenvalue weighted by Gasteiger charge is -2.16. The minimum atomic E-state index is -1.74. The highest BCUT2D eigenvalue weighted by Gasteiger charge is 2.48. The Morgan fingerprint density at radius 2 is 2.05 bits per heavy atom. The van der Waals surface area contributed by atoms with Crippen molar-refractivity contribution in [1.82, 2.24) is 29.8 Å². The number of aromatic nitrogens is 5. The second-order valence-electron chi connectivity index (χ2n) is 8.66. The molecule has 1 atom stereocenters. The second-order valence-corrected chi connectivity index (χ2v) is 8.66. The van der Waals surface area contributed by atoms with Gasteiger partial charge < -0.3 is 30.3 Å². The average molecular weight is 505 g/mol. The molecule has 0 spiro atoms. The van der Waals surface area contributed by atoms with Crippen LogP contribution in [0.4, 0.5) is 11.5 Å². The number of likely N-dealkylation sites (tertiary alicyclic amines) is 1. The number of hydrogen-bond donors (Lipinski definition) is 3. The van der Waals surface area contributed by atoms with Crippen LogP contribution < -0.4 is 15.8 Å². The van der Waals surface area contributed by atoms with Crippen LogP contribution in [0.15, 0.2) is 47.2 Å². The smallest absolute Gasteiger partial charge is 0.269 e. The van der Waals surface area contributed by atoms with Gasteiger partial charge in [-0.05, 0) is 6.07 Å². The number of nitrogens with one attached hydrogen (secondary N) is 1. The topological polar surface area (TPSA) is 175 Å². The van der Waals surface area contributed by atoms with Crippen molar-refractivity contribution in [3.8, 4) is 28.4 Å². The molecule has 4 aromatic rings. The first kappa shape index (κ1) is 23.9. The zero-order chi connectivity index (χ0) is 26.3. The lowest BCUT2D eigenvalue weighted by Crippen LogP contribution is -2.35. The molecule has 37 heavy (non-hydrogen) atoms. The average Bonchev–Trinajstić information content (AvgIpc) is 3.59. The third-order valence-electron chi connectivity index (χ3n) is 6.13. The van der Waals surface area contributed by atoms with Crippen LogP contribution in [0, 0.1) is 0 Å². The van der Waals surface area contributed by atoms with Gasteiger partial charge in [-0.15, -0.1) is 0 Å². The van der Waals surface area contributed by atoms with Gasteiger partial charge in [0, 0.05) is 44.3 Å². The number of ether oxygens (including phenoxy) is 1. The Kier molecular flexibility index (Phi) is 5.84. The van der Waals surface area contributed by atoms with Crippen molar-refractivity contribution >= 4 is 23.3 Å². The lowest BCUT2D eigenvalue weighted by molar-refractivity contribution is -0.144. The van der Waals surface area contributed by atoms with Gasteiger partial charge in [0.05, 0.1) is 25.2 Å². The van der Waals surface area contributed by atoms with Crippen molar-refractivity contribution in [3.63, 3.8) is 0 Å². The van der Waals surface area contributed by atoms with Gasteiger partial charge in [0.1, 0.15) is 5.69 Å². The zero-order valence-corrected chi connectivity index (χ0v) is 20.3. The zero-order valence-electron chi connectivity index (χ0n) is 20.3. The Labute approximate surface area is 210 Å². The molecule has 13 nitrogen and oxygen atoms in total. The van der Waals surface area contributed by atoms with Gasteiger partial charge in [0.25, 0.3) is 11.8 Å². The van der Waals surface area contributed by atoms with Crippen molar-refractivity contribution in [2.24, 2.45) is 12.8 Å². The monoisotopic (exact) mass is 504 g/mol. The van der Waals surface area contributed by atoms with Gasteiger partial charge in [-0.25, -0.2) is 9.97 Å². The molecular weight excluding hydrogens is 480 g/mol. The molecule has 0 radical (unpaired) electrons. The first-order valence-corrected chi connectivity index (χ1v) is 11.3. The van der Waals surface area contributed by atoms with Gasteiger partial charge in [-0.1, -0.05) is 23.4 Å². The van der Waals surface area contributed by atoms with E-state index in [9.17, 15) is 14.7 Å². The van der Waals surface area contributed by atoms with E-state index in [4.69, 9.17) is 15.0 Å². The van der Waals surface area contributed by atoms with E-state index in [0.717, 1.165) is 0 Å². The molecule has 5 rings (SSSR count). The van der Waals surface area contributed by atoms with Crippen molar-refractivity contribution < 1.29 is 24.0 Å². The first-order valence-electron chi connectivity index (χ1n) is 11.3. The number of likely N-dealkylation sites (N-methyl/N-ethyl adjacent to an activating group) is 1. The van der Waals surface area contributed by atoms with Crippen molar-refractivity contribution in [2.45, 2.75) is 12.0 Å². The maximum absolute atomic E-state index is 12.4. The Morgan fingerprint density at radius 1 is 1.27 bits per heavy atom. The molecule has 4 N–H and O–H groups in total. The molecule has 3 aromatic heterocycles. The first-order chi connectivity index (χ1) is 17.7. The van der Waals surface area contributed by atoms with E-state index in [0.29, 0.717) is 34.9 Å². The van der Waals surface area contributed by atoms with Gasteiger partial charge >= 0.3 is 0 Å². The maximum atomic E-state index is 12.4. The number of nitrogens with zero attached hydrogens (tertiary/aromatic N) is 6. The number of methoxy groups -OCH3 is 1. The Balaban J connectivity index is 1.45. The van der Waals surface area contributed by atoms with Gasteiger partial charge in [-0.3, -0.25) is 14.3 Å². The molecule has 2 amide bonds. The van der Waals surface area contributed by atoms with E-state index < -0.39 is 17.4 Å². The highest BCUT2D eigenvalue weighted by molar-refractivity contribution is 5.97. The summed E-state index contributed by atoms with van der Waals surface area (Å²) < 4.78 is 12.2. The molecule has 0 aliphatic carbocycles. The van der Waals surface area contributed by atoms with Crippen molar-refractivity contribution in [1.29, 1.82) is 0 Å². The minimum absolute atomic E-state index is 0.0297. The SMILES string of the molecule is COc1cn(C)nc1Nc1cnc(-c2cccc(-c3cc(C4(O)CCN(C)C4=O)on3)c2)nc1C(N)=O. The fraction of sp³-hybridized carbons (Fsp3) is 0.250. The van der Waals surface area contributed by atoms with E-state index >= 15 is 0 Å². The summed E-state index contributed by atoms with van der Waals surface area (Å²) in [6, 6.07) is 8.61. The van der Waals surface area contributed by atoms with Crippen LogP contribution in [0.3, 0.4) is 0 Å². The number of amides is 2. The molecule has 1 saturated heterocycles. The van der Waals surface area contributed by atoms with Gasteiger partial charge in [-0.2, -0.15) is 5.10 Å². The van der Waals surface area contributed by atoms with Crippen LogP contribution in [-0.2, 0) is 17.4 Å². The van der Waals surface area contributed by atoms with E-state index in [1.807, 2.05) is 0 Å². The van der Waals surface area contributed by atoms with E-state index in [-0.39, 0.29) is 29.4 Å². The fourth-order valence-electron chi connectivity index (χ4n) is 4.14. The third kappa shape index (κ3) is 4.25. The molecule has 0 bridgehead atoms. The summed E-state index contributed by atoms with van der Waals surface area (Å²) in [6.45, 7) is 0.415. The van der Waals surface area contributed by atoms with E-state index in [2.05, 4.69) is 25.5 Å². The van der Waals surface area contributed by atoms with Crippen LogP contribution in [0.1, 0.15) is 22.7 Å². The van der Waals surface area contributed by atoms with Crippen LogP contribution in [0.25, 0.3) is 22.6 Å². The van der Waals surface area contributed by atoms with Crippen molar-refractivity contribution in [2.75, 3.05) is 26.0 Å². The number of carbonyl (C=O) groups is 2. The number of nitrogens with two attached hydrogens (primary N) is 1. The van der Waals surface area contributed by atoms with Crippen LogP contribution in [-0.4, -0.2) is 67.4 Å². The molecule has 1 aliphatic rings. The molecule has 190 valence electrons. The van der Waals surface area contributed by atoms with Gasteiger partial charge in [0.2, 0.25) is 5.60 Å². The number of anilines is 2. The standard InChI is InChI=1S/C24H24N8O5/c1-31-8-7-24(35,23(31)34)18-10-15(30-37-18)13-5-4-6-14(9-13)21-26-11-16(19(28-21)20(25)33)27-22-17(36-3)12-32(2)29-22/h4-6,9-12,35H,7-8H2,1-3H3,(H2,25,33)(H,27,29). The van der Waals surface area contributed by atoms with Crippen LogP contribution >= 0.6 is 0 Å². The molecule has 1 unspecified atom stereocenters. The summed E-state index contributed by atoms with van der Waals surface area (Å²) in [6.07, 6.45) is 3.32. The fourth-order valence-corrected chi connectivity index (χ4v) is 4.14. The normalized spacial score (nSPS) is 17.3. The number of aryl methyl sites for hydroxylation is 1. The summed E-state index contributed by atoms with van der Waals surface area (Å²) in [5.41, 5.74) is 5.75. The van der Waals surface area contributed by atoms with E-state index in [1.165, 1.54) is 18.2 Å². The van der Waals surface area contributed by atoms with Crippen LogP contribution in [0.2, 0.25) is 0 Å².